The normalized spacial score (nSPS) is 11.7. The van der Waals surface area contributed by atoms with Gasteiger partial charge in [0.15, 0.2) is 5.75 Å². The minimum absolute atomic E-state index is 0.0481. The number of carbonyl (C=O) groups is 1. The number of methoxy groups -OCH3 is 1. The number of aryl methyl sites for hydroxylation is 1. The Labute approximate surface area is 110 Å². The van der Waals surface area contributed by atoms with E-state index in [0.29, 0.717) is 5.56 Å². The summed E-state index contributed by atoms with van der Waals surface area (Å²) in [4.78, 5) is 21.8. The molecule has 0 spiro atoms. The first-order valence-corrected chi connectivity index (χ1v) is 5.63. The van der Waals surface area contributed by atoms with Gasteiger partial charge in [0.1, 0.15) is 12.6 Å². The first-order valence-electron chi connectivity index (χ1n) is 5.63. The predicted octanol–water partition coefficient (Wildman–Crippen LogP) is 1.04. The Kier molecular flexibility index (Phi) is 5.25. The molecule has 7 heteroatoms. The summed E-state index contributed by atoms with van der Waals surface area (Å²) in [5.41, 5.74) is 0.406. The van der Waals surface area contributed by atoms with Gasteiger partial charge in [-0.2, -0.15) is 0 Å². The largest absolute Gasteiger partial charge is 0.485 e. The van der Waals surface area contributed by atoms with E-state index in [4.69, 9.17) is 4.74 Å². The monoisotopic (exact) mass is 268 g/mol. The maximum atomic E-state index is 11.4. The summed E-state index contributed by atoms with van der Waals surface area (Å²) in [5.74, 6) is -0.355. The lowest BCUT2D eigenvalue weighted by atomic mass is 10.2. The smallest absolute Gasteiger partial charge is 0.326 e. The minimum Gasteiger partial charge on any atom is -0.485 e. The van der Waals surface area contributed by atoms with Crippen molar-refractivity contribution in [3.63, 3.8) is 0 Å². The first kappa shape index (κ1) is 14.9. The van der Waals surface area contributed by atoms with Gasteiger partial charge in [0.2, 0.25) is 0 Å². The van der Waals surface area contributed by atoms with Crippen LogP contribution in [0.5, 0.6) is 5.75 Å². The maximum absolute atomic E-state index is 11.4. The van der Waals surface area contributed by atoms with E-state index >= 15 is 0 Å². The van der Waals surface area contributed by atoms with E-state index in [2.05, 4.69) is 10.1 Å². The average Bonchev–Trinajstić information content (AvgIpc) is 2.38. The number of nitrogens with zero attached hydrogens (tertiary/aromatic N) is 1. The summed E-state index contributed by atoms with van der Waals surface area (Å²) >= 11 is 0. The van der Waals surface area contributed by atoms with Crippen LogP contribution in [0.2, 0.25) is 0 Å². The van der Waals surface area contributed by atoms with E-state index in [1.54, 1.807) is 26.1 Å². The van der Waals surface area contributed by atoms with E-state index < -0.39 is 16.9 Å². The number of carbonyl (C=O) groups excluding carboxylic acids is 1. The van der Waals surface area contributed by atoms with Crippen LogP contribution in [0.3, 0.4) is 0 Å². The predicted molar refractivity (Wildman–Crippen MR) is 68.2 cm³/mol. The highest BCUT2D eigenvalue weighted by Crippen LogP contribution is 2.30. The first-order chi connectivity index (χ1) is 9.01. The lowest BCUT2D eigenvalue weighted by Gasteiger charge is -2.15. The Balaban J connectivity index is 2.86. The SMILES string of the molecule is CNC(COc1cccc(C)c1[N+](=O)[O-])C(=O)OC. The van der Waals surface area contributed by atoms with Gasteiger partial charge in [0.25, 0.3) is 0 Å². The molecule has 1 aromatic rings. The van der Waals surface area contributed by atoms with Gasteiger partial charge in [0, 0.05) is 5.56 Å². The summed E-state index contributed by atoms with van der Waals surface area (Å²) in [6.45, 7) is 1.58. The molecule has 0 aliphatic carbocycles. The molecule has 0 fully saturated rings. The van der Waals surface area contributed by atoms with Gasteiger partial charge < -0.3 is 14.8 Å². The molecule has 104 valence electrons. The highest BCUT2D eigenvalue weighted by atomic mass is 16.6. The molecule has 1 unspecified atom stereocenters. The number of ether oxygens (including phenoxy) is 2. The zero-order valence-electron chi connectivity index (χ0n) is 11.0. The molecular formula is C12H16N2O5. The van der Waals surface area contributed by atoms with Crippen LogP contribution in [0.4, 0.5) is 5.69 Å². The van der Waals surface area contributed by atoms with Crippen LogP contribution < -0.4 is 10.1 Å². The van der Waals surface area contributed by atoms with Gasteiger partial charge in [-0.25, -0.2) is 0 Å². The molecule has 1 aromatic carbocycles. The van der Waals surface area contributed by atoms with Crippen LogP contribution in [0.15, 0.2) is 18.2 Å². The molecule has 7 nitrogen and oxygen atoms in total. The summed E-state index contributed by atoms with van der Waals surface area (Å²) < 4.78 is 9.93. The van der Waals surface area contributed by atoms with E-state index in [1.807, 2.05) is 0 Å². The molecule has 0 aromatic heterocycles. The number of nitro benzene ring substituents is 1. The van der Waals surface area contributed by atoms with Crippen LogP contribution in [0, 0.1) is 17.0 Å². The van der Waals surface area contributed by atoms with Crippen LogP contribution in [0.25, 0.3) is 0 Å². The average molecular weight is 268 g/mol. The summed E-state index contributed by atoms with van der Waals surface area (Å²) in [6.07, 6.45) is 0. The molecule has 0 heterocycles. The highest BCUT2D eigenvalue weighted by Gasteiger charge is 2.22. The molecule has 0 saturated carbocycles. The summed E-state index contributed by atoms with van der Waals surface area (Å²) in [7, 11) is 2.84. The number of likely N-dealkylation sites (N-methyl/N-ethyl adjacent to an activating group) is 1. The van der Waals surface area contributed by atoms with Crippen molar-refractivity contribution in [3.8, 4) is 5.75 Å². The summed E-state index contributed by atoms with van der Waals surface area (Å²) in [5, 5.41) is 13.7. The number of nitro groups is 1. The van der Waals surface area contributed by atoms with Gasteiger partial charge in [-0.1, -0.05) is 12.1 Å². The molecule has 19 heavy (non-hydrogen) atoms. The van der Waals surface area contributed by atoms with Gasteiger partial charge >= 0.3 is 11.7 Å². The molecule has 0 aliphatic rings. The number of hydrogen-bond donors (Lipinski definition) is 1. The van der Waals surface area contributed by atoms with Gasteiger partial charge in [-0.15, -0.1) is 0 Å². The lowest BCUT2D eigenvalue weighted by Crippen LogP contribution is -2.40. The van der Waals surface area contributed by atoms with Crippen molar-refractivity contribution in [2.24, 2.45) is 0 Å². The van der Waals surface area contributed by atoms with Crippen molar-refractivity contribution < 1.29 is 19.2 Å². The van der Waals surface area contributed by atoms with E-state index in [-0.39, 0.29) is 18.0 Å². The Morgan fingerprint density at radius 2 is 2.21 bits per heavy atom. The van der Waals surface area contributed by atoms with Crippen molar-refractivity contribution in [1.29, 1.82) is 0 Å². The fourth-order valence-corrected chi connectivity index (χ4v) is 1.57. The van der Waals surface area contributed by atoms with E-state index in [0.717, 1.165) is 0 Å². The molecular weight excluding hydrogens is 252 g/mol. The number of nitrogens with one attached hydrogen (secondary N) is 1. The van der Waals surface area contributed by atoms with Gasteiger partial charge in [-0.05, 0) is 20.0 Å². The van der Waals surface area contributed by atoms with E-state index in [1.165, 1.54) is 13.2 Å². The Morgan fingerprint density at radius 3 is 2.74 bits per heavy atom. The highest BCUT2D eigenvalue weighted by molar-refractivity contribution is 5.75. The summed E-state index contributed by atoms with van der Waals surface area (Å²) in [6, 6.07) is 4.10. The maximum Gasteiger partial charge on any atom is 0.326 e. The topological polar surface area (TPSA) is 90.7 Å². The van der Waals surface area contributed by atoms with Crippen LogP contribution in [0.1, 0.15) is 5.56 Å². The molecule has 0 radical (unpaired) electrons. The molecule has 1 N–H and O–H groups in total. The Hall–Kier alpha value is -2.15. The molecule has 0 bridgehead atoms. The second-order valence-corrected chi connectivity index (χ2v) is 3.85. The third-order valence-corrected chi connectivity index (χ3v) is 2.62. The van der Waals surface area contributed by atoms with Crippen molar-refractivity contribution in [2.45, 2.75) is 13.0 Å². The van der Waals surface area contributed by atoms with Crippen LogP contribution >= 0.6 is 0 Å². The molecule has 1 rings (SSSR count). The molecule has 0 amide bonds. The molecule has 0 aliphatic heterocycles. The Morgan fingerprint density at radius 1 is 1.53 bits per heavy atom. The third-order valence-electron chi connectivity index (χ3n) is 2.62. The van der Waals surface area contributed by atoms with Crippen molar-refractivity contribution in [2.75, 3.05) is 20.8 Å². The number of hydrogen-bond acceptors (Lipinski definition) is 6. The standard InChI is InChI=1S/C12H16N2O5/c1-8-5-4-6-10(11(8)14(16)17)19-7-9(13-2)12(15)18-3/h4-6,9,13H,7H2,1-3H3. The number of esters is 1. The second-order valence-electron chi connectivity index (χ2n) is 3.85. The number of rotatable bonds is 6. The van der Waals surface area contributed by atoms with Crippen molar-refractivity contribution >= 4 is 11.7 Å². The lowest BCUT2D eigenvalue weighted by molar-refractivity contribution is -0.386. The quantitative estimate of drug-likeness (QED) is 0.471. The van der Waals surface area contributed by atoms with Crippen molar-refractivity contribution in [3.05, 3.63) is 33.9 Å². The van der Waals surface area contributed by atoms with Crippen molar-refractivity contribution in [1.82, 2.24) is 5.32 Å². The second kappa shape index (κ2) is 6.69. The number of para-hydroxylation sites is 1. The third kappa shape index (κ3) is 3.65. The van der Waals surface area contributed by atoms with E-state index in [9.17, 15) is 14.9 Å². The molecule has 1 atom stereocenters. The fraction of sp³-hybridized carbons (Fsp3) is 0.417. The minimum atomic E-state index is -0.676. The zero-order valence-corrected chi connectivity index (χ0v) is 11.0. The fourth-order valence-electron chi connectivity index (χ4n) is 1.57. The Bertz CT molecular complexity index is 475. The number of benzene rings is 1. The van der Waals surface area contributed by atoms with Crippen LogP contribution in [-0.2, 0) is 9.53 Å². The molecule has 0 saturated heterocycles. The van der Waals surface area contributed by atoms with Gasteiger partial charge in [-0.3, -0.25) is 14.9 Å². The van der Waals surface area contributed by atoms with Gasteiger partial charge in [0.05, 0.1) is 12.0 Å². The van der Waals surface area contributed by atoms with Crippen LogP contribution in [-0.4, -0.2) is 37.7 Å². The zero-order chi connectivity index (χ0) is 14.4.